The number of benzene rings is 2. The molecule has 0 spiro atoms. The summed E-state index contributed by atoms with van der Waals surface area (Å²) in [5.74, 6) is -0.320. The first kappa shape index (κ1) is 20.0. The molecule has 0 amide bonds. The molecule has 28 heavy (non-hydrogen) atoms. The topological polar surface area (TPSA) is 54.2 Å². The van der Waals surface area contributed by atoms with Crippen molar-refractivity contribution in [3.63, 3.8) is 0 Å². The molecule has 2 N–H and O–H groups in total. The third-order valence-electron chi connectivity index (χ3n) is 4.20. The molecule has 8 heteroatoms. The lowest BCUT2D eigenvalue weighted by Gasteiger charge is -2.12. The van der Waals surface area contributed by atoms with Crippen LogP contribution in [0.3, 0.4) is 0 Å². The Morgan fingerprint density at radius 2 is 1.79 bits per heavy atom. The minimum atomic E-state index is -0.320. The third-order valence-corrected chi connectivity index (χ3v) is 4.76. The molecule has 1 aromatic heterocycles. The van der Waals surface area contributed by atoms with E-state index < -0.39 is 0 Å². The first-order valence-corrected chi connectivity index (χ1v) is 9.32. The van der Waals surface area contributed by atoms with Crippen LogP contribution in [0.5, 0.6) is 0 Å². The van der Waals surface area contributed by atoms with Gasteiger partial charge in [-0.3, -0.25) is 5.43 Å². The molecular formula is C20H19ClFN5S. The molecule has 5 nitrogen and oxygen atoms in total. The smallest absolute Gasteiger partial charge is 0.191 e. The van der Waals surface area contributed by atoms with Gasteiger partial charge in [0.2, 0.25) is 0 Å². The van der Waals surface area contributed by atoms with Crippen molar-refractivity contribution in [3.05, 3.63) is 75.8 Å². The molecule has 144 valence electrons. The molecule has 2 aromatic carbocycles. The summed E-state index contributed by atoms with van der Waals surface area (Å²) >= 11 is 11.7. The Bertz CT molecular complexity index is 1020. The second-order valence-electron chi connectivity index (χ2n) is 6.27. The zero-order valence-electron chi connectivity index (χ0n) is 15.6. The number of rotatable bonds is 4. The highest BCUT2D eigenvalue weighted by molar-refractivity contribution is 7.80. The van der Waals surface area contributed by atoms with Gasteiger partial charge in [-0.25, -0.2) is 9.07 Å². The summed E-state index contributed by atoms with van der Waals surface area (Å²) < 4.78 is 14.7. The fourth-order valence-corrected chi connectivity index (χ4v) is 3.20. The van der Waals surface area contributed by atoms with Gasteiger partial charge in [0.1, 0.15) is 11.0 Å². The number of para-hydroxylation sites is 1. The van der Waals surface area contributed by atoms with E-state index in [2.05, 4.69) is 20.9 Å². The Morgan fingerprint density at radius 1 is 1.14 bits per heavy atom. The molecule has 3 rings (SSSR count). The maximum atomic E-state index is 13.1. The largest absolute Gasteiger partial charge is 0.331 e. The van der Waals surface area contributed by atoms with Gasteiger partial charge in [-0.05, 0) is 68.4 Å². The highest BCUT2D eigenvalue weighted by atomic mass is 35.5. The van der Waals surface area contributed by atoms with Crippen LogP contribution in [0.15, 0.2) is 47.6 Å². The van der Waals surface area contributed by atoms with E-state index >= 15 is 0 Å². The Kier molecular flexibility index (Phi) is 6.06. The molecule has 0 saturated carbocycles. The number of hydrazone groups is 1. The lowest BCUT2D eigenvalue weighted by molar-refractivity contribution is 0.627. The standard InChI is InChI=1S/C20H19ClFN5S/c1-12-5-4-6-13(2)18(12)24-20(28)25-23-11-17-14(3)26-27(19(17)21)16-9-7-15(22)8-10-16/h4-11H,1-3H3,(H2,24,25,28)/b23-11-. The predicted octanol–water partition coefficient (Wildman–Crippen LogP) is 4.91. The van der Waals surface area contributed by atoms with Crippen LogP contribution in [0.2, 0.25) is 5.15 Å². The molecule has 0 fully saturated rings. The Morgan fingerprint density at radius 3 is 2.43 bits per heavy atom. The Labute approximate surface area is 173 Å². The van der Waals surface area contributed by atoms with E-state index in [1.165, 1.54) is 16.8 Å². The number of hydrogen-bond acceptors (Lipinski definition) is 3. The minimum Gasteiger partial charge on any atom is -0.331 e. The number of nitrogens with zero attached hydrogens (tertiary/aromatic N) is 3. The van der Waals surface area contributed by atoms with Crippen molar-refractivity contribution >= 4 is 40.8 Å². The fraction of sp³-hybridized carbons (Fsp3) is 0.150. The van der Waals surface area contributed by atoms with Crippen LogP contribution in [0.25, 0.3) is 5.69 Å². The minimum absolute atomic E-state index is 0.320. The zero-order valence-corrected chi connectivity index (χ0v) is 17.2. The Hall–Kier alpha value is -2.77. The van der Waals surface area contributed by atoms with Crippen molar-refractivity contribution in [1.29, 1.82) is 0 Å². The molecule has 0 radical (unpaired) electrons. The average Bonchev–Trinajstić information content (AvgIpc) is 2.94. The van der Waals surface area contributed by atoms with E-state index in [1.54, 1.807) is 18.3 Å². The van der Waals surface area contributed by atoms with Gasteiger partial charge in [0, 0.05) is 5.69 Å². The van der Waals surface area contributed by atoms with E-state index in [1.807, 2.05) is 39.0 Å². The maximum Gasteiger partial charge on any atom is 0.191 e. The van der Waals surface area contributed by atoms with E-state index in [0.717, 1.165) is 16.8 Å². The summed E-state index contributed by atoms with van der Waals surface area (Å²) in [7, 11) is 0. The number of aryl methyl sites for hydroxylation is 3. The molecule has 1 heterocycles. The van der Waals surface area contributed by atoms with E-state index in [4.69, 9.17) is 23.8 Å². The molecule has 0 aliphatic heterocycles. The maximum absolute atomic E-state index is 13.1. The summed E-state index contributed by atoms with van der Waals surface area (Å²) in [4.78, 5) is 0. The van der Waals surface area contributed by atoms with Crippen LogP contribution >= 0.6 is 23.8 Å². The van der Waals surface area contributed by atoms with Crippen LogP contribution in [0.4, 0.5) is 10.1 Å². The second-order valence-corrected chi connectivity index (χ2v) is 7.04. The third kappa shape index (κ3) is 4.37. The van der Waals surface area contributed by atoms with Crippen molar-refractivity contribution < 1.29 is 4.39 Å². The van der Waals surface area contributed by atoms with Gasteiger partial charge in [0.15, 0.2) is 5.11 Å². The highest BCUT2D eigenvalue weighted by Crippen LogP contribution is 2.22. The SMILES string of the molecule is Cc1cccc(C)c1NC(=S)N/N=C\c1c(C)nn(-c2ccc(F)cc2)c1Cl. The van der Waals surface area contributed by atoms with Crippen molar-refractivity contribution in [1.82, 2.24) is 15.2 Å². The number of nitrogens with one attached hydrogen (secondary N) is 2. The van der Waals surface area contributed by atoms with Gasteiger partial charge in [0.05, 0.1) is 23.2 Å². The molecule has 0 atom stereocenters. The van der Waals surface area contributed by atoms with Crippen LogP contribution in [0, 0.1) is 26.6 Å². The van der Waals surface area contributed by atoms with E-state index in [-0.39, 0.29) is 5.82 Å². The Balaban J connectivity index is 1.72. The number of hydrogen-bond donors (Lipinski definition) is 2. The van der Waals surface area contributed by atoms with Crippen molar-refractivity contribution in [3.8, 4) is 5.69 Å². The van der Waals surface area contributed by atoms with Gasteiger partial charge in [0.25, 0.3) is 0 Å². The zero-order chi connectivity index (χ0) is 20.3. The van der Waals surface area contributed by atoms with Gasteiger partial charge in [-0.2, -0.15) is 10.2 Å². The summed E-state index contributed by atoms with van der Waals surface area (Å²) in [5, 5.41) is 12.5. The lowest BCUT2D eigenvalue weighted by Crippen LogP contribution is -2.24. The number of thiocarbonyl (C=S) groups is 1. The summed E-state index contributed by atoms with van der Waals surface area (Å²) in [6.45, 7) is 5.84. The van der Waals surface area contributed by atoms with Gasteiger partial charge in [-0.15, -0.1) is 0 Å². The van der Waals surface area contributed by atoms with Crippen molar-refractivity contribution in [2.75, 3.05) is 5.32 Å². The molecular weight excluding hydrogens is 397 g/mol. The van der Waals surface area contributed by atoms with E-state index in [9.17, 15) is 4.39 Å². The molecule has 0 saturated heterocycles. The second kappa shape index (κ2) is 8.50. The van der Waals surface area contributed by atoms with E-state index in [0.29, 0.717) is 27.2 Å². The van der Waals surface area contributed by atoms with Crippen LogP contribution in [0.1, 0.15) is 22.4 Å². The first-order valence-electron chi connectivity index (χ1n) is 8.54. The molecule has 0 aliphatic carbocycles. The van der Waals surface area contributed by atoms with Crippen molar-refractivity contribution in [2.24, 2.45) is 5.10 Å². The number of halogens is 2. The summed E-state index contributed by atoms with van der Waals surface area (Å²) in [6, 6.07) is 11.9. The van der Waals surface area contributed by atoms with Gasteiger partial charge in [-0.1, -0.05) is 29.8 Å². The molecule has 0 bridgehead atoms. The molecule has 0 unspecified atom stereocenters. The predicted molar refractivity (Wildman–Crippen MR) is 116 cm³/mol. The normalized spacial score (nSPS) is 11.0. The monoisotopic (exact) mass is 415 g/mol. The average molecular weight is 416 g/mol. The number of anilines is 1. The lowest BCUT2D eigenvalue weighted by atomic mass is 10.1. The van der Waals surface area contributed by atoms with Crippen LogP contribution in [-0.2, 0) is 0 Å². The quantitative estimate of drug-likeness (QED) is 0.361. The highest BCUT2D eigenvalue weighted by Gasteiger charge is 2.13. The van der Waals surface area contributed by atoms with Crippen LogP contribution in [-0.4, -0.2) is 21.1 Å². The summed E-state index contributed by atoms with van der Waals surface area (Å²) in [6.07, 6.45) is 1.56. The number of aromatic nitrogens is 2. The first-order chi connectivity index (χ1) is 13.4. The molecule has 3 aromatic rings. The van der Waals surface area contributed by atoms with Crippen molar-refractivity contribution in [2.45, 2.75) is 20.8 Å². The van der Waals surface area contributed by atoms with Gasteiger partial charge < -0.3 is 5.32 Å². The summed E-state index contributed by atoms with van der Waals surface area (Å²) in [5.41, 5.74) is 7.92. The fourth-order valence-electron chi connectivity index (χ4n) is 2.72. The van der Waals surface area contributed by atoms with Crippen LogP contribution < -0.4 is 10.7 Å². The molecule has 0 aliphatic rings. The van der Waals surface area contributed by atoms with Gasteiger partial charge >= 0.3 is 0 Å².